The van der Waals surface area contributed by atoms with E-state index in [4.69, 9.17) is 27.9 Å². The van der Waals surface area contributed by atoms with Crippen molar-refractivity contribution in [3.05, 3.63) is 28.5 Å². The Morgan fingerprint density at radius 3 is 2.73 bits per heavy atom. The van der Waals surface area contributed by atoms with Gasteiger partial charge in [-0.15, -0.1) is 24.0 Å². The van der Waals surface area contributed by atoms with Crippen LogP contribution in [0, 0.1) is 0 Å². The Labute approximate surface area is 104 Å². The summed E-state index contributed by atoms with van der Waals surface area (Å²) in [6.07, 6.45) is 2.91. The first-order valence-corrected chi connectivity index (χ1v) is 4.82. The highest BCUT2D eigenvalue weighted by atomic mass is 35.5. The van der Waals surface area contributed by atoms with Gasteiger partial charge >= 0.3 is 0 Å². The Morgan fingerprint density at radius 2 is 2.20 bits per heavy atom. The van der Waals surface area contributed by atoms with Gasteiger partial charge < -0.3 is 4.74 Å². The molecule has 0 unspecified atom stereocenters. The molecule has 0 fully saturated rings. The van der Waals surface area contributed by atoms with Crippen molar-refractivity contribution in [2.75, 3.05) is 13.7 Å². The molecule has 15 heavy (non-hydrogen) atoms. The molecular weight excluding hydrogens is 260 g/mol. The van der Waals surface area contributed by atoms with Crippen molar-refractivity contribution in [3.8, 4) is 0 Å². The molecule has 6 heteroatoms. The van der Waals surface area contributed by atoms with E-state index in [1.165, 1.54) is 19.5 Å². The fraction of sp³-hybridized carbons (Fsp3) is 0.333. The average Bonchev–Trinajstić information content (AvgIpc) is 2.17. The van der Waals surface area contributed by atoms with Crippen LogP contribution in [0.4, 0.5) is 0 Å². The van der Waals surface area contributed by atoms with Gasteiger partial charge in [0.15, 0.2) is 5.78 Å². The number of ether oxygens (including phenoxy) is 1. The highest BCUT2D eigenvalue weighted by molar-refractivity contribution is 6.32. The Morgan fingerprint density at radius 1 is 1.53 bits per heavy atom. The predicted molar refractivity (Wildman–Crippen MR) is 62.3 cm³/mol. The van der Waals surface area contributed by atoms with Crippen molar-refractivity contribution >= 4 is 41.4 Å². The quantitative estimate of drug-likeness (QED) is 0.624. The molecule has 0 radical (unpaired) electrons. The summed E-state index contributed by atoms with van der Waals surface area (Å²) in [6.45, 7) is 0.00586. The second-order valence-corrected chi connectivity index (χ2v) is 3.31. The van der Waals surface area contributed by atoms with Gasteiger partial charge in [0, 0.05) is 30.9 Å². The summed E-state index contributed by atoms with van der Waals surface area (Å²) >= 11 is 11.5. The molecule has 0 aliphatic rings. The number of carbonyl (C=O) groups excluding carboxylic acids is 1. The number of hydrogen-bond donors (Lipinski definition) is 0. The van der Waals surface area contributed by atoms with E-state index in [9.17, 15) is 4.79 Å². The van der Waals surface area contributed by atoms with Crippen molar-refractivity contribution in [3.63, 3.8) is 0 Å². The number of ketones is 1. The molecule has 1 rings (SSSR count). The van der Waals surface area contributed by atoms with Gasteiger partial charge in [0.2, 0.25) is 0 Å². The summed E-state index contributed by atoms with van der Waals surface area (Å²) in [6, 6.07) is 0. The molecule has 0 saturated carbocycles. The summed E-state index contributed by atoms with van der Waals surface area (Å²) in [5, 5.41) is 0.405. The summed E-state index contributed by atoms with van der Waals surface area (Å²) in [7, 11) is 1.45. The number of carbonyl (C=O) groups is 1. The van der Waals surface area contributed by atoms with E-state index in [2.05, 4.69) is 4.98 Å². The number of hydrogen-bond acceptors (Lipinski definition) is 3. The predicted octanol–water partition coefficient (Wildman–Crippen LogP) is 2.72. The first-order valence-electron chi connectivity index (χ1n) is 3.91. The standard InChI is InChI=1S/C9H9Cl2NO2.ClH/c1-14-5-9(13)7-3-12-4-8(11)6(7)2-10;/h3-4H,2,5H2,1H3;1H. The van der Waals surface area contributed by atoms with Crippen LogP contribution < -0.4 is 0 Å². The fourth-order valence-corrected chi connectivity index (χ4v) is 1.63. The molecule has 0 spiro atoms. The van der Waals surface area contributed by atoms with Crippen molar-refractivity contribution in [1.29, 1.82) is 0 Å². The van der Waals surface area contributed by atoms with Gasteiger partial charge in [0.25, 0.3) is 0 Å². The van der Waals surface area contributed by atoms with Crippen LogP contribution in [-0.2, 0) is 10.6 Å². The Hall–Kier alpha value is -0.350. The van der Waals surface area contributed by atoms with Crippen LogP contribution in [0.25, 0.3) is 0 Å². The number of methoxy groups -OCH3 is 1. The van der Waals surface area contributed by atoms with Crippen molar-refractivity contribution in [2.45, 2.75) is 5.88 Å². The minimum absolute atomic E-state index is 0. The maximum absolute atomic E-state index is 11.5. The van der Waals surface area contributed by atoms with Gasteiger partial charge in [-0.2, -0.15) is 0 Å². The Balaban J connectivity index is 0.00000196. The van der Waals surface area contributed by atoms with E-state index in [0.29, 0.717) is 16.1 Å². The third-order valence-corrected chi connectivity index (χ3v) is 2.31. The number of halogens is 3. The SMILES string of the molecule is COCC(=O)c1cncc(Cl)c1CCl.Cl. The molecule has 0 amide bonds. The molecule has 0 aromatic carbocycles. The topological polar surface area (TPSA) is 39.2 Å². The molecule has 0 bridgehead atoms. The molecular formula is C9H10Cl3NO2. The molecule has 1 heterocycles. The molecule has 1 aromatic heterocycles. The van der Waals surface area contributed by atoms with Crippen LogP contribution in [-0.4, -0.2) is 24.5 Å². The molecule has 0 saturated heterocycles. The molecule has 84 valence electrons. The summed E-state index contributed by atoms with van der Waals surface area (Å²) in [5.41, 5.74) is 1.03. The zero-order valence-corrected chi connectivity index (χ0v) is 10.3. The molecule has 3 nitrogen and oxygen atoms in total. The number of pyridine rings is 1. The molecule has 0 aliphatic carbocycles. The van der Waals surface area contributed by atoms with E-state index in [0.717, 1.165) is 0 Å². The van der Waals surface area contributed by atoms with Gasteiger partial charge in [-0.25, -0.2) is 0 Å². The van der Waals surface area contributed by atoms with E-state index >= 15 is 0 Å². The molecule has 0 aliphatic heterocycles. The Kier molecular flexibility index (Phi) is 6.85. The molecule has 0 N–H and O–H groups in total. The van der Waals surface area contributed by atoms with Gasteiger partial charge in [0.05, 0.1) is 5.02 Å². The Bertz CT molecular complexity index is 344. The second kappa shape index (κ2) is 7.01. The van der Waals surface area contributed by atoms with Crippen molar-refractivity contribution in [1.82, 2.24) is 4.98 Å². The van der Waals surface area contributed by atoms with Gasteiger partial charge in [-0.3, -0.25) is 9.78 Å². The zero-order chi connectivity index (χ0) is 10.6. The lowest BCUT2D eigenvalue weighted by Crippen LogP contribution is -2.10. The smallest absolute Gasteiger partial charge is 0.190 e. The lowest BCUT2D eigenvalue weighted by Gasteiger charge is -2.06. The summed E-state index contributed by atoms with van der Waals surface area (Å²) in [5.74, 6) is 0.0183. The normalized spacial score (nSPS) is 9.53. The maximum Gasteiger partial charge on any atom is 0.190 e. The van der Waals surface area contributed by atoms with Gasteiger partial charge in [-0.05, 0) is 5.56 Å². The first-order chi connectivity index (χ1) is 6.70. The largest absolute Gasteiger partial charge is 0.377 e. The van der Waals surface area contributed by atoms with Crippen LogP contribution >= 0.6 is 35.6 Å². The minimum Gasteiger partial charge on any atom is -0.377 e. The fourth-order valence-electron chi connectivity index (χ4n) is 1.05. The van der Waals surface area contributed by atoms with Crippen molar-refractivity contribution < 1.29 is 9.53 Å². The highest BCUT2D eigenvalue weighted by Crippen LogP contribution is 2.20. The second-order valence-electron chi connectivity index (χ2n) is 2.64. The van der Waals surface area contributed by atoms with E-state index in [-0.39, 0.29) is 30.7 Å². The van der Waals surface area contributed by atoms with E-state index < -0.39 is 0 Å². The average molecular weight is 271 g/mol. The summed E-state index contributed by atoms with van der Waals surface area (Å²) < 4.78 is 4.73. The number of aromatic nitrogens is 1. The van der Waals surface area contributed by atoms with E-state index in [1.54, 1.807) is 0 Å². The number of alkyl halides is 1. The highest BCUT2D eigenvalue weighted by Gasteiger charge is 2.13. The van der Waals surface area contributed by atoms with Crippen LogP contribution in [0.5, 0.6) is 0 Å². The monoisotopic (exact) mass is 269 g/mol. The van der Waals surface area contributed by atoms with Crippen LogP contribution in [0.1, 0.15) is 15.9 Å². The number of Topliss-reactive ketones (excluding diaryl/α,β-unsaturated/α-hetero) is 1. The zero-order valence-electron chi connectivity index (χ0n) is 8.00. The van der Waals surface area contributed by atoms with Crippen LogP contribution in [0.15, 0.2) is 12.4 Å². The van der Waals surface area contributed by atoms with Crippen molar-refractivity contribution in [2.24, 2.45) is 0 Å². The third kappa shape index (κ3) is 3.61. The van der Waals surface area contributed by atoms with Crippen LogP contribution in [0.2, 0.25) is 5.02 Å². The number of nitrogens with zero attached hydrogens (tertiary/aromatic N) is 1. The first kappa shape index (κ1) is 14.6. The minimum atomic E-state index is -0.168. The van der Waals surface area contributed by atoms with E-state index in [1.807, 2.05) is 0 Å². The van der Waals surface area contributed by atoms with Crippen LogP contribution in [0.3, 0.4) is 0 Å². The van der Waals surface area contributed by atoms with Gasteiger partial charge in [0.1, 0.15) is 6.61 Å². The lowest BCUT2D eigenvalue weighted by molar-refractivity contribution is 0.0847. The number of rotatable bonds is 4. The molecule has 0 atom stereocenters. The summed E-state index contributed by atoms with van der Waals surface area (Å²) in [4.78, 5) is 15.3. The maximum atomic E-state index is 11.5. The van der Waals surface area contributed by atoms with Gasteiger partial charge in [-0.1, -0.05) is 11.6 Å². The third-order valence-electron chi connectivity index (χ3n) is 1.71. The molecule has 1 aromatic rings. The lowest BCUT2D eigenvalue weighted by atomic mass is 10.1.